The van der Waals surface area contributed by atoms with Gasteiger partial charge in [0.2, 0.25) is 0 Å². The molecule has 0 aliphatic rings. The minimum atomic E-state index is -1.97. The lowest BCUT2D eigenvalue weighted by molar-refractivity contribution is 0.00506. The highest BCUT2D eigenvalue weighted by molar-refractivity contribution is 6.74. The molecule has 1 aromatic rings. The fourth-order valence-corrected chi connectivity index (χ4v) is 3.15. The predicted octanol–water partition coefficient (Wildman–Crippen LogP) is 4.93. The first kappa shape index (κ1) is 18.1. The summed E-state index contributed by atoms with van der Waals surface area (Å²) in [5, 5.41) is 10.8. The third-order valence-corrected chi connectivity index (χ3v) is 9.03. The summed E-state index contributed by atoms with van der Waals surface area (Å²) in [7, 11) is -1.97. The molecule has 0 amide bonds. The summed E-state index contributed by atoms with van der Waals surface area (Å²) in [4.78, 5) is 0. The Kier molecular flexibility index (Phi) is 5.97. The van der Waals surface area contributed by atoms with Crippen LogP contribution in [0.1, 0.15) is 39.4 Å². The number of aliphatic hydroxyl groups excluding tert-OH is 1. The van der Waals surface area contributed by atoms with Gasteiger partial charge in [-0.2, -0.15) is 0 Å². The summed E-state index contributed by atoms with van der Waals surface area (Å²) in [6, 6.07) is 10.0. The van der Waals surface area contributed by atoms with E-state index in [2.05, 4.69) is 40.4 Å². The first-order chi connectivity index (χ1) is 9.60. The Balaban J connectivity index is 3.12. The molecule has 0 saturated heterocycles. The monoisotopic (exact) mass is 306 g/mol. The average Bonchev–Trinajstić information content (AvgIpc) is 2.43. The number of hydrogen-bond donors (Lipinski definition) is 1. The zero-order chi connectivity index (χ0) is 16.3. The van der Waals surface area contributed by atoms with Crippen LogP contribution >= 0.6 is 0 Å². The van der Waals surface area contributed by atoms with Gasteiger partial charge >= 0.3 is 0 Å². The van der Waals surface area contributed by atoms with Crippen molar-refractivity contribution in [2.75, 3.05) is 0 Å². The highest BCUT2D eigenvalue weighted by atomic mass is 28.4. The number of aliphatic hydroxyl groups is 1. The van der Waals surface area contributed by atoms with Crippen molar-refractivity contribution >= 4 is 8.32 Å². The molecule has 0 fully saturated rings. The molecule has 1 rings (SSSR count). The lowest BCUT2D eigenvalue weighted by atomic mass is 9.95. The van der Waals surface area contributed by atoms with Gasteiger partial charge in [0.05, 0.1) is 12.2 Å². The maximum absolute atomic E-state index is 10.7. The number of benzene rings is 1. The van der Waals surface area contributed by atoms with Crippen LogP contribution in [0.25, 0.3) is 0 Å². The van der Waals surface area contributed by atoms with Gasteiger partial charge in [0.15, 0.2) is 8.32 Å². The molecular weight excluding hydrogens is 276 g/mol. The number of rotatable bonds is 6. The van der Waals surface area contributed by atoms with Crippen LogP contribution in [0.5, 0.6) is 0 Å². The molecule has 0 bridgehead atoms. The molecule has 1 aromatic carbocycles. The topological polar surface area (TPSA) is 29.5 Å². The fourth-order valence-electron chi connectivity index (χ4n) is 1.89. The van der Waals surface area contributed by atoms with E-state index in [0.29, 0.717) is 0 Å². The summed E-state index contributed by atoms with van der Waals surface area (Å²) in [6.07, 6.45) is 0.898. The van der Waals surface area contributed by atoms with Crippen LogP contribution in [0.15, 0.2) is 43.0 Å². The lowest BCUT2D eigenvalue weighted by Crippen LogP contribution is -2.44. The molecule has 21 heavy (non-hydrogen) atoms. The third kappa shape index (κ3) is 4.53. The van der Waals surface area contributed by atoms with E-state index in [1.54, 1.807) is 6.08 Å². The van der Waals surface area contributed by atoms with Gasteiger partial charge in [-0.05, 0) is 23.7 Å². The SMILES string of the molecule is C=C[C@H](C)[C@@H](O)[C@H](O[Si](C)(C)C(C)(C)C)c1ccccc1. The van der Waals surface area contributed by atoms with Crippen LogP contribution in [0.2, 0.25) is 18.1 Å². The lowest BCUT2D eigenvalue weighted by Gasteiger charge is -2.41. The summed E-state index contributed by atoms with van der Waals surface area (Å²) in [5.74, 6) is -0.0139. The van der Waals surface area contributed by atoms with Gasteiger partial charge in [0.25, 0.3) is 0 Å². The van der Waals surface area contributed by atoms with Crippen molar-refractivity contribution in [2.24, 2.45) is 5.92 Å². The van der Waals surface area contributed by atoms with Crippen molar-refractivity contribution < 1.29 is 9.53 Å². The first-order valence-electron chi connectivity index (χ1n) is 7.63. The van der Waals surface area contributed by atoms with Gasteiger partial charge in [-0.25, -0.2) is 0 Å². The second-order valence-electron chi connectivity index (χ2n) is 7.29. The van der Waals surface area contributed by atoms with E-state index >= 15 is 0 Å². The molecule has 118 valence electrons. The average molecular weight is 307 g/mol. The third-order valence-electron chi connectivity index (χ3n) is 4.58. The minimum absolute atomic E-state index is 0.0139. The predicted molar refractivity (Wildman–Crippen MR) is 92.8 cm³/mol. The summed E-state index contributed by atoms with van der Waals surface area (Å²) >= 11 is 0. The largest absolute Gasteiger partial charge is 0.407 e. The molecule has 3 heteroatoms. The van der Waals surface area contributed by atoms with E-state index in [4.69, 9.17) is 4.43 Å². The molecule has 0 aliphatic carbocycles. The molecule has 0 aliphatic heterocycles. The van der Waals surface area contributed by atoms with Gasteiger partial charge in [-0.1, -0.05) is 64.1 Å². The van der Waals surface area contributed by atoms with Crippen molar-refractivity contribution in [3.05, 3.63) is 48.6 Å². The smallest absolute Gasteiger partial charge is 0.193 e. The van der Waals surface area contributed by atoms with E-state index in [1.807, 2.05) is 37.3 Å². The molecule has 0 radical (unpaired) electrons. The molecule has 0 aromatic heterocycles. The molecule has 0 spiro atoms. The van der Waals surface area contributed by atoms with E-state index in [-0.39, 0.29) is 17.1 Å². The Labute approximate surface area is 131 Å². The van der Waals surface area contributed by atoms with Crippen LogP contribution in [-0.4, -0.2) is 19.5 Å². The molecule has 1 N–H and O–H groups in total. The van der Waals surface area contributed by atoms with Gasteiger partial charge in [0, 0.05) is 5.92 Å². The molecule has 0 saturated carbocycles. The van der Waals surface area contributed by atoms with Gasteiger partial charge < -0.3 is 9.53 Å². The van der Waals surface area contributed by atoms with Crippen molar-refractivity contribution in [1.29, 1.82) is 0 Å². The summed E-state index contributed by atoms with van der Waals surface area (Å²) < 4.78 is 6.51. The zero-order valence-electron chi connectivity index (χ0n) is 14.3. The maximum atomic E-state index is 10.7. The van der Waals surface area contributed by atoms with Crippen LogP contribution in [-0.2, 0) is 4.43 Å². The van der Waals surface area contributed by atoms with Crippen LogP contribution < -0.4 is 0 Å². The van der Waals surface area contributed by atoms with E-state index < -0.39 is 14.4 Å². The highest BCUT2D eigenvalue weighted by Crippen LogP contribution is 2.41. The maximum Gasteiger partial charge on any atom is 0.193 e. The van der Waals surface area contributed by atoms with Crippen LogP contribution in [0, 0.1) is 5.92 Å². The second-order valence-corrected chi connectivity index (χ2v) is 12.1. The normalized spacial score (nSPS) is 17.1. The van der Waals surface area contributed by atoms with Crippen molar-refractivity contribution in [3.8, 4) is 0 Å². The first-order valence-corrected chi connectivity index (χ1v) is 10.5. The van der Waals surface area contributed by atoms with Gasteiger partial charge in [-0.15, -0.1) is 6.58 Å². The Morgan fingerprint density at radius 2 is 1.71 bits per heavy atom. The molecular formula is C18H30O2Si. The van der Waals surface area contributed by atoms with Crippen molar-refractivity contribution in [3.63, 3.8) is 0 Å². The second kappa shape index (κ2) is 6.90. The summed E-state index contributed by atoms with van der Waals surface area (Å²) in [5.41, 5.74) is 1.03. The van der Waals surface area contributed by atoms with Crippen molar-refractivity contribution in [2.45, 2.75) is 58.0 Å². The van der Waals surface area contributed by atoms with Crippen LogP contribution in [0.4, 0.5) is 0 Å². The minimum Gasteiger partial charge on any atom is -0.407 e. The van der Waals surface area contributed by atoms with Gasteiger partial charge in [-0.3, -0.25) is 0 Å². The fraction of sp³-hybridized carbons (Fsp3) is 0.556. The standard InChI is InChI=1S/C18H30O2Si/c1-8-14(2)16(19)17(15-12-10-9-11-13-15)20-21(6,7)18(3,4)5/h8-14,16-17,19H,1H2,2-7H3/t14-,16+,17+/m0/s1. The van der Waals surface area contributed by atoms with E-state index in [1.165, 1.54) is 0 Å². The zero-order valence-corrected chi connectivity index (χ0v) is 15.3. The van der Waals surface area contributed by atoms with E-state index in [9.17, 15) is 5.11 Å². The quantitative estimate of drug-likeness (QED) is 0.596. The Bertz CT molecular complexity index is 448. The Morgan fingerprint density at radius 3 is 2.14 bits per heavy atom. The number of hydrogen-bond acceptors (Lipinski definition) is 2. The van der Waals surface area contributed by atoms with Crippen molar-refractivity contribution in [1.82, 2.24) is 0 Å². The Hall–Kier alpha value is -0.903. The molecule has 3 atom stereocenters. The molecule has 0 heterocycles. The van der Waals surface area contributed by atoms with E-state index in [0.717, 1.165) is 5.56 Å². The molecule has 2 nitrogen and oxygen atoms in total. The molecule has 0 unspecified atom stereocenters. The van der Waals surface area contributed by atoms with Crippen LogP contribution in [0.3, 0.4) is 0 Å². The summed E-state index contributed by atoms with van der Waals surface area (Å²) in [6.45, 7) is 16.8. The van der Waals surface area contributed by atoms with Gasteiger partial charge in [0.1, 0.15) is 0 Å². The highest BCUT2D eigenvalue weighted by Gasteiger charge is 2.41. The Morgan fingerprint density at radius 1 is 1.19 bits per heavy atom.